The van der Waals surface area contributed by atoms with E-state index < -0.39 is 0 Å². The van der Waals surface area contributed by atoms with Gasteiger partial charge in [0.05, 0.1) is 6.54 Å². The SMILES string of the molecule is CCN(CC(=O)Cc1ccccc1)C1CCCC1. The van der Waals surface area contributed by atoms with E-state index in [-0.39, 0.29) is 0 Å². The lowest BCUT2D eigenvalue weighted by Crippen LogP contribution is -2.37. The Morgan fingerprint density at radius 3 is 2.50 bits per heavy atom. The number of hydrogen-bond acceptors (Lipinski definition) is 2. The molecule has 1 fully saturated rings. The highest BCUT2D eigenvalue weighted by Crippen LogP contribution is 2.23. The smallest absolute Gasteiger partial charge is 0.151 e. The van der Waals surface area contributed by atoms with Gasteiger partial charge in [0, 0.05) is 12.5 Å². The number of carbonyl (C=O) groups is 1. The summed E-state index contributed by atoms with van der Waals surface area (Å²) in [5.41, 5.74) is 1.13. The number of carbonyl (C=O) groups excluding carboxylic acids is 1. The van der Waals surface area contributed by atoms with E-state index >= 15 is 0 Å². The summed E-state index contributed by atoms with van der Waals surface area (Å²) in [4.78, 5) is 14.5. The Hall–Kier alpha value is -1.15. The van der Waals surface area contributed by atoms with Crippen LogP contribution in [0.2, 0.25) is 0 Å². The van der Waals surface area contributed by atoms with Crippen LogP contribution in [0.4, 0.5) is 0 Å². The Morgan fingerprint density at radius 2 is 1.89 bits per heavy atom. The predicted octanol–water partition coefficient (Wildman–Crippen LogP) is 3.06. The molecule has 0 saturated heterocycles. The summed E-state index contributed by atoms with van der Waals surface area (Å²) in [7, 11) is 0. The lowest BCUT2D eigenvalue weighted by molar-refractivity contribution is -0.120. The van der Waals surface area contributed by atoms with E-state index in [2.05, 4.69) is 11.8 Å². The number of rotatable bonds is 6. The van der Waals surface area contributed by atoms with Crippen molar-refractivity contribution in [1.29, 1.82) is 0 Å². The quantitative estimate of drug-likeness (QED) is 0.767. The van der Waals surface area contributed by atoms with Gasteiger partial charge in [-0.3, -0.25) is 9.69 Å². The van der Waals surface area contributed by atoms with Crippen LogP contribution >= 0.6 is 0 Å². The molecule has 1 aliphatic rings. The fourth-order valence-corrected chi connectivity index (χ4v) is 2.87. The summed E-state index contributed by atoms with van der Waals surface area (Å²) in [6.45, 7) is 3.77. The van der Waals surface area contributed by atoms with Gasteiger partial charge in [0.2, 0.25) is 0 Å². The average Bonchev–Trinajstić information content (AvgIpc) is 2.91. The minimum absolute atomic E-state index is 0.343. The highest BCUT2D eigenvalue weighted by molar-refractivity contribution is 5.82. The Bertz CT molecular complexity index is 368. The molecule has 2 nitrogen and oxygen atoms in total. The van der Waals surface area contributed by atoms with Crippen LogP contribution < -0.4 is 0 Å². The number of Topliss-reactive ketones (excluding diaryl/α,β-unsaturated/α-hetero) is 1. The molecule has 0 amide bonds. The molecule has 2 rings (SSSR count). The van der Waals surface area contributed by atoms with Crippen LogP contribution in [0.25, 0.3) is 0 Å². The molecular formula is C16H23NO. The van der Waals surface area contributed by atoms with Crippen LogP contribution in [0.5, 0.6) is 0 Å². The molecule has 0 aromatic heterocycles. The van der Waals surface area contributed by atoms with E-state index in [9.17, 15) is 4.79 Å². The lowest BCUT2D eigenvalue weighted by atomic mass is 10.1. The third-order valence-corrected chi connectivity index (χ3v) is 3.87. The molecule has 0 unspecified atom stereocenters. The maximum atomic E-state index is 12.1. The van der Waals surface area contributed by atoms with Crippen molar-refractivity contribution in [2.24, 2.45) is 0 Å². The fraction of sp³-hybridized carbons (Fsp3) is 0.562. The van der Waals surface area contributed by atoms with Gasteiger partial charge in [-0.15, -0.1) is 0 Å². The summed E-state index contributed by atoms with van der Waals surface area (Å²) in [6, 6.07) is 10.7. The largest absolute Gasteiger partial charge is 0.298 e. The van der Waals surface area contributed by atoms with Crippen LogP contribution in [-0.4, -0.2) is 29.8 Å². The Morgan fingerprint density at radius 1 is 1.22 bits per heavy atom. The molecule has 0 heterocycles. The second-order valence-electron chi connectivity index (χ2n) is 5.20. The molecule has 0 bridgehead atoms. The molecule has 0 aliphatic heterocycles. The van der Waals surface area contributed by atoms with Gasteiger partial charge in [0.1, 0.15) is 0 Å². The average molecular weight is 245 g/mol. The van der Waals surface area contributed by atoms with Crippen molar-refractivity contribution in [2.45, 2.75) is 45.1 Å². The molecule has 0 N–H and O–H groups in total. The van der Waals surface area contributed by atoms with Crippen molar-refractivity contribution in [3.63, 3.8) is 0 Å². The standard InChI is InChI=1S/C16H23NO/c1-2-17(15-10-6-7-11-15)13-16(18)12-14-8-4-3-5-9-14/h3-5,8-9,15H,2,6-7,10-13H2,1H3. The van der Waals surface area contributed by atoms with Gasteiger partial charge in [-0.25, -0.2) is 0 Å². The summed E-state index contributed by atoms with van der Waals surface area (Å²) in [6.07, 6.45) is 5.77. The summed E-state index contributed by atoms with van der Waals surface area (Å²) in [5, 5.41) is 0. The second kappa shape index (κ2) is 6.69. The highest BCUT2D eigenvalue weighted by atomic mass is 16.1. The molecule has 98 valence electrons. The zero-order valence-corrected chi connectivity index (χ0v) is 11.3. The third-order valence-electron chi connectivity index (χ3n) is 3.87. The van der Waals surface area contributed by atoms with Gasteiger partial charge in [-0.2, -0.15) is 0 Å². The van der Waals surface area contributed by atoms with E-state index in [1.54, 1.807) is 0 Å². The summed E-state index contributed by atoms with van der Waals surface area (Å²) in [5.74, 6) is 0.343. The topological polar surface area (TPSA) is 20.3 Å². The van der Waals surface area contributed by atoms with Crippen molar-refractivity contribution in [3.05, 3.63) is 35.9 Å². The van der Waals surface area contributed by atoms with Gasteiger partial charge in [-0.1, -0.05) is 50.1 Å². The molecule has 0 atom stereocenters. The Kier molecular flexibility index (Phi) is 4.94. The van der Waals surface area contributed by atoms with Gasteiger partial charge in [-0.05, 0) is 24.9 Å². The monoisotopic (exact) mass is 245 g/mol. The first-order valence-electron chi connectivity index (χ1n) is 7.09. The second-order valence-corrected chi connectivity index (χ2v) is 5.20. The first-order valence-corrected chi connectivity index (χ1v) is 7.09. The van der Waals surface area contributed by atoms with E-state index in [1.807, 2.05) is 30.3 Å². The van der Waals surface area contributed by atoms with Crippen LogP contribution in [0.15, 0.2) is 30.3 Å². The molecule has 18 heavy (non-hydrogen) atoms. The molecule has 0 radical (unpaired) electrons. The molecule has 1 saturated carbocycles. The Labute approximate surface area is 110 Å². The molecular weight excluding hydrogens is 222 g/mol. The van der Waals surface area contributed by atoms with Crippen LogP contribution in [-0.2, 0) is 11.2 Å². The van der Waals surface area contributed by atoms with Crippen LogP contribution in [0.1, 0.15) is 38.2 Å². The first kappa shape index (κ1) is 13.3. The zero-order chi connectivity index (χ0) is 12.8. The van der Waals surface area contributed by atoms with E-state index in [0.717, 1.165) is 12.1 Å². The predicted molar refractivity (Wildman–Crippen MR) is 74.7 cm³/mol. The molecule has 1 aliphatic carbocycles. The first-order chi connectivity index (χ1) is 8.79. The van der Waals surface area contributed by atoms with E-state index in [1.165, 1.54) is 25.7 Å². The van der Waals surface area contributed by atoms with Gasteiger partial charge in [0.25, 0.3) is 0 Å². The van der Waals surface area contributed by atoms with E-state index in [4.69, 9.17) is 0 Å². The summed E-state index contributed by atoms with van der Waals surface area (Å²) < 4.78 is 0. The molecule has 2 heteroatoms. The Balaban J connectivity index is 1.85. The third kappa shape index (κ3) is 3.67. The van der Waals surface area contributed by atoms with Crippen molar-refractivity contribution >= 4 is 5.78 Å². The fourth-order valence-electron chi connectivity index (χ4n) is 2.87. The molecule has 0 spiro atoms. The summed E-state index contributed by atoms with van der Waals surface area (Å²) >= 11 is 0. The molecule has 1 aromatic carbocycles. The minimum atomic E-state index is 0.343. The maximum absolute atomic E-state index is 12.1. The van der Waals surface area contributed by atoms with Gasteiger partial charge in [0.15, 0.2) is 5.78 Å². The number of nitrogens with zero attached hydrogens (tertiary/aromatic N) is 1. The number of benzene rings is 1. The van der Waals surface area contributed by atoms with Crippen molar-refractivity contribution in [1.82, 2.24) is 4.90 Å². The van der Waals surface area contributed by atoms with Gasteiger partial charge >= 0.3 is 0 Å². The van der Waals surface area contributed by atoms with Crippen molar-refractivity contribution in [3.8, 4) is 0 Å². The van der Waals surface area contributed by atoms with Crippen LogP contribution in [0.3, 0.4) is 0 Å². The normalized spacial score (nSPS) is 16.3. The molecule has 1 aromatic rings. The van der Waals surface area contributed by atoms with Gasteiger partial charge < -0.3 is 0 Å². The maximum Gasteiger partial charge on any atom is 0.151 e. The zero-order valence-electron chi connectivity index (χ0n) is 11.3. The highest BCUT2D eigenvalue weighted by Gasteiger charge is 2.22. The lowest BCUT2D eigenvalue weighted by Gasteiger charge is -2.26. The van der Waals surface area contributed by atoms with Crippen LogP contribution in [0, 0.1) is 0 Å². The number of hydrogen-bond donors (Lipinski definition) is 0. The van der Waals surface area contributed by atoms with Crippen molar-refractivity contribution in [2.75, 3.05) is 13.1 Å². The number of likely N-dealkylation sites (N-methyl/N-ethyl adjacent to an activating group) is 1. The van der Waals surface area contributed by atoms with E-state index in [0.29, 0.717) is 24.8 Å². The number of ketones is 1. The minimum Gasteiger partial charge on any atom is -0.298 e. The van der Waals surface area contributed by atoms with Crippen molar-refractivity contribution < 1.29 is 4.79 Å².